The first-order valence-corrected chi connectivity index (χ1v) is 10.4. The molecule has 2 aromatic heterocycles. The maximum absolute atomic E-state index is 12.0. The fraction of sp³-hybridized carbons (Fsp3) is 0.400. The summed E-state index contributed by atoms with van der Waals surface area (Å²) < 4.78 is 17.9. The Hall–Kier alpha value is -3.19. The average Bonchev–Trinajstić information content (AvgIpc) is 3.37. The zero-order valence-corrected chi connectivity index (χ0v) is 18.9. The predicted octanol–water partition coefficient (Wildman–Crippen LogP) is 0.441. The minimum atomic E-state index is -1.17. The van der Waals surface area contributed by atoms with Crippen LogP contribution in [0, 0.1) is 0 Å². The number of likely N-dealkylation sites (N-methyl/N-ethyl adjacent to an activating group) is 1. The van der Waals surface area contributed by atoms with Crippen LogP contribution in [0.25, 0.3) is 11.2 Å². The number of aliphatic hydroxyl groups excluding tert-OH is 1. The first-order valence-electron chi connectivity index (χ1n) is 10.0. The number of nitrogens with one attached hydrogen (secondary N) is 2. The summed E-state index contributed by atoms with van der Waals surface area (Å²) in [6.45, 7) is 0.335. The summed E-state index contributed by atoms with van der Waals surface area (Å²) in [6, 6.07) is 4.52. The van der Waals surface area contributed by atoms with E-state index >= 15 is 0 Å². The molecule has 0 saturated carbocycles. The molecule has 1 fully saturated rings. The van der Waals surface area contributed by atoms with Gasteiger partial charge in [-0.05, 0) is 29.8 Å². The van der Waals surface area contributed by atoms with E-state index in [0.717, 1.165) is 5.56 Å². The van der Waals surface area contributed by atoms with Crippen molar-refractivity contribution in [3.05, 3.63) is 35.4 Å². The number of benzene rings is 1. The van der Waals surface area contributed by atoms with Gasteiger partial charge in [-0.15, -0.1) is 0 Å². The van der Waals surface area contributed by atoms with E-state index in [9.17, 15) is 9.90 Å². The molecule has 5 N–H and O–H groups in total. The minimum Gasteiger partial charge on any atom is -0.497 e. The molecule has 176 valence electrons. The molecule has 1 aromatic carbocycles. The van der Waals surface area contributed by atoms with E-state index < -0.39 is 30.4 Å². The van der Waals surface area contributed by atoms with Crippen LogP contribution < -0.4 is 25.8 Å². The van der Waals surface area contributed by atoms with Crippen LogP contribution in [0.5, 0.6) is 11.5 Å². The number of methoxy groups -OCH3 is 2. The number of ether oxygens (including phenoxy) is 3. The zero-order valence-electron chi connectivity index (χ0n) is 18.2. The van der Waals surface area contributed by atoms with Crippen LogP contribution in [0.15, 0.2) is 24.5 Å². The molecular weight excluding hydrogens is 454 g/mol. The lowest BCUT2D eigenvalue weighted by molar-refractivity contribution is -0.134. The highest BCUT2D eigenvalue weighted by molar-refractivity contribution is 6.28. The Balaban J connectivity index is 1.65. The largest absolute Gasteiger partial charge is 0.497 e. The summed E-state index contributed by atoms with van der Waals surface area (Å²) in [7, 11) is 4.63. The molecule has 13 heteroatoms. The van der Waals surface area contributed by atoms with Crippen molar-refractivity contribution < 1.29 is 24.1 Å². The van der Waals surface area contributed by atoms with Gasteiger partial charge in [0.1, 0.15) is 17.6 Å². The number of fused-ring (bicyclic) bond motifs is 1. The van der Waals surface area contributed by atoms with Crippen molar-refractivity contribution in [2.24, 2.45) is 5.73 Å². The van der Waals surface area contributed by atoms with Crippen LogP contribution in [0.1, 0.15) is 11.8 Å². The first-order chi connectivity index (χ1) is 15.9. The van der Waals surface area contributed by atoms with Crippen molar-refractivity contribution in [3.63, 3.8) is 0 Å². The highest BCUT2D eigenvalue weighted by Crippen LogP contribution is 2.33. The van der Waals surface area contributed by atoms with Crippen LogP contribution in [-0.2, 0) is 16.1 Å². The van der Waals surface area contributed by atoms with Gasteiger partial charge in [0.15, 0.2) is 29.3 Å². The van der Waals surface area contributed by atoms with Crippen LogP contribution in [0.4, 0.5) is 5.82 Å². The number of hydrogen-bond donors (Lipinski definition) is 4. The lowest BCUT2D eigenvalue weighted by Gasteiger charge is -2.17. The molecule has 3 heterocycles. The monoisotopic (exact) mass is 477 g/mol. The second-order valence-corrected chi connectivity index (χ2v) is 7.66. The third-order valence-corrected chi connectivity index (χ3v) is 5.60. The molecular formula is C20H24ClN7O5. The maximum Gasteiger partial charge on any atom is 0.250 e. The summed E-state index contributed by atoms with van der Waals surface area (Å²) in [5.74, 6) is 1.28. The Morgan fingerprint density at radius 1 is 1.33 bits per heavy atom. The van der Waals surface area contributed by atoms with Gasteiger partial charge >= 0.3 is 0 Å². The van der Waals surface area contributed by atoms with Crippen molar-refractivity contribution in [1.29, 1.82) is 0 Å². The van der Waals surface area contributed by atoms with E-state index in [1.807, 2.05) is 6.07 Å². The van der Waals surface area contributed by atoms with E-state index in [0.29, 0.717) is 35.0 Å². The summed E-state index contributed by atoms with van der Waals surface area (Å²) in [5.41, 5.74) is 7.53. The van der Waals surface area contributed by atoms with Gasteiger partial charge in [-0.2, -0.15) is 9.97 Å². The first kappa shape index (κ1) is 23.0. The van der Waals surface area contributed by atoms with Gasteiger partial charge in [0.2, 0.25) is 5.28 Å². The van der Waals surface area contributed by atoms with Crippen LogP contribution >= 0.6 is 11.6 Å². The van der Waals surface area contributed by atoms with Crippen molar-refractivity contribution >= 4 is 34.5 Å². The molecule has 4 unspecified atom stereocenters. The van der Waals surface area contributed by atoms with E-state index in [2.05, 4.69) is 25.6 Å². The quantitative estimate of drug-likeness (QED) is 0.352. The van der Waals surface area contributed by atoms with E-state index in [1.165, 1.54) is 17.9 Å². The fourth-order valence-corrected chi connectivity index (χ4v) is 3.86. The molecule has 0 aliphatic carbocycles. The van der Waals surface area contributed by atoms with Gasteiger partial charge in [0.05, 0.1) is 26.6 Å². The van der Waals surface area contributed by atoms with Gasteiger partial charge in [-0.3, -0.25) is 9.36 Å². The van der Waals surface area contributed by atoms with E-state index in [1.54, 1.807) is 26.4 Å². The molecule has 4 rings (SSSR count). The number of rotatable bonds is 7. The number of halogens is 1. The average molecular weight is 478 g/mol. The number of nitrogens with zero attached hydrogens (tertiary/aromatic N) is 4. The van der Waals surface area contributed by atoms with Crippen LogP contribution in [0.3, 0.4) is 0 Å². The van der Waals surface area contributed by atoms with Gasteiger partial charge < -0.3 is 35.7 Å². The van der Waals surface area contributed by atoms with Gasteiger partial charge in [-0.25, -0.2) is 4.98 Å². The number of imidazole rings is 1. The molecule has 1 aliphatic heterocycles. The second kappa shape index (κ2) is 9.35. The van der Waals surface area contributed by atoms with Crippen LogP contribution in [0.2, 0.25) is 5.28 Å². The third kappa shape index (κ3) is 4.25. The fourth-order valence-electron chi connectivity index (χ4n) is 3.70. The molecule has 1 amide bonds. The van der Waals surface area contributed by atoms with E-state index in [-0.39, 0.29) is 5.28 Å². The Labute approximate surface area is 194 Å². The smallest absolute Gasteiger partial charge is 0.250 e. The number of amides is 1. The van der Waals surface area contributed by atoms with Gasteiger partial charge in [0.25, 0.3) is 5.91 Å². The Morgan fingerprint density at radius 2 is 2.12 bits per heavy atom. The number of carbonyl (C=O) groups is 1. The Kier molecular flexibility index (Phi) is 6.51. The van der Waals surface area contributed by atoms with Crippen molar-refractivity contribution in [2.75, 3.05) is 26.6 Å². The van der Waals surface area contributed by atoms with Gasteiger partial charge in [0, 0.05) is 19.2 Å². The lowest BCUT2D eigenvalue weighted by Crippen LogP contribution is -2.46. The summed E-state index contributed by atoms with van der Waals surface area (Å²) in [4.78, 5) is 24.9. The van der Waals surface area contributed by atoms with Crippen molar-refractivity contribution in [3.8, 4) is 11.5 Å². The SMILES string of the molecule is CNC(=O)C1OC(n2cnc3c(NCc4cc(OC)ccc4OC)nc(Cl)nc32)C(O)C1N. The summed E-state index contributed by atoms with van der Waals surface area (Å²) in [6.07, 6.45) is -1.75. The minimum absolute atomic E-state index is 0.0380. The zero-order chi connectivity index (χ0) is 23.7. The molecule has 3 aromatic rings. The van der Waals surface area contributed by atoms with Crippen molar-refractivity contribution in [1.82, 2.24) is 24.8 Å². The standard InChI is InChI=1S/C20H24ClN7O5/c1-23-18(30)15-12(22)14(29)19(33-15)28-8-25-13-16(26-20(21)27-17(13)28)24-7-9-6-10(31-2)4-5-11(9)32-3/h4-6,8,12,14-15,19,29H,7,22H2,1-3H3,(H,23,30)(H,24,26,27). The molecule has 1 saturated heterocycles. The number of anilines is 1. The third-order valence-electron chi connectivity index (χ3n) is 5.43. The van der Waals surface area contributed by atoms with Gasteiger partial charge in [-0.1, -0.05) is 0 Å². The van der Waals surface area contributed by atoms with E-state index in [4.69, 9.17) is 31.5 Å². The lowest BCUT2D eigenvalue weighted by atomic mass is 10.1. The van der Waals surface area contributed by atoms with Crippen LogP contribution in [-0.4, -0.2) is 70.0 Å². The topological polar surface area (TPSA) is 159 Å². The molecule has 0 spiro atoms. The number of aromatic nitrogens is 4. The number of carbonyl (C=O) groups excluding carboxylic acids is 1. The predicted molar refractivity (Wildman–Crippen MR) is 119 cm³/mol. The van der Waals surface area contributed by atoms with Crippen molar-refractivity contribution in [2.45, 2.75) is 31.0 Å². The highest BCUT2D eigenvalue weighted by Gasteiger charge is 2.46. The molecule has 0 bridgehead atoms. The molecule has 12 nitrogen and oxygen atoms in total. The number of aliphatic hydroxyl groups is 1. The Bertz CT molecular complexity index is 1170. The number of nitrogens with two attached hydrogens (primary N) is 1. The summed E-state index contributed by atoms with van der Waals surface area (Å²) in [5, 5.41) is 16.2. The normalized spacial score (nSPS) is 22.4. The molecule has 4 atom stereocenters. The Morgan fingerprint density at radius 3 is 2.82 bits per heavy atom. The highest BCUT2D eigenvalue weighted by atomic mass is 35.5. The summed E-state index contributed by atoms with van der Waals surface area (Å²) >= 11 is 6.17. The molecule has 0 radical (unpaired) electrons. The maximum atomic E-state index is 12.0. The number of hydrogen-bond acceptors (Lipinski definition) is 10. The molecule has 33 heavy (non-hydrogen) atoms. The molecule has 1 aliphatic rings. The second-order valence-electron chi connectivity index (χ2n) is 7.33.